The normalized spacial score (nSPS) is 17.5. The zero-order chi connectivity index (χ0) is 20.8. The van der Waals surface area contributed by atoms with Crippen molar-refractivity contribution in [3.63, 3.8) is 0 Å². The van der Waals surface area contributed by atoms with Gasteiger partial charge in [0.2, 0.25) is 5.91 Å². The average Bonchev–Trinajstić information content (AvgIpc) is 3.23. The first-order valence-electron chi connectivity index (χ1n) is 9.98. The lowest BCUT2D eigenvalue weighted by molar-refractivity contribution is -0.121. The maximum Gasteiger partial charge on any atom is 0.224 e. The molecule has 0 radical (unpaired) electrons. The Bertz CT molecular complexity index is 789. The number of amides is 1. The second kappa shape index (κ2) is 10.1. The number of nitrogens with one attached hydrogen (secondary N) is 1. The first-order valence-corrected chi connectivity index (χ1v) is 10.9. The highest BCUT2D eigenvalue weighted by Crippen LogP contribution is 2.30. The minimum atomic E-state index is 0.0143. The molecule has 2 atom stereocenters. The van der Waals surface area contributed by atoms with Gasteiger partial charge in [0.15, 0.2) is 11.5 Å². The molecule has 2 heterocycles. The monoisotopic (exact) mass is 417 g/mol. The number of carbonyl (C=O) groups is 1. The van der Waals surface area contributed by atoms with E-state index in [9.17, 15) is 4.79 Å². The minimum absolute atomic E-state index is 0.0143. The number of hydrogen-bond donors (Lipinski definition) is 1. The van der Waals surface area contributed by atoms with Crippen LogP contribution in [0.2, 0.25) is 0 Å². The largest absolute Gasteiger partial charge is 0.493 e. The molecule has 1 fully saturated rings. The van der Waals surface area contributed by atoms with Gasteiger partial charge in [-0.05, 0) is 43.1 Å². The minimum Gasteiger partial charge on any atom is -0.493 e. The molecule has 7 heteroatoms. The van der Waals surface area contributed by atoms with Gasteiger partial charge in [-0.3, -0.25) is 9.69 Å². The van der Waals surface area contributed by atoms with E-state index in [1.807, 2.05) is 18.2 Å². The van der Waals surface area contributed by atoms with Crippen LogP contribution in [0.4, 0.5) is 0 Å². The van der Waals surface area contributed by atoms with Crippen LogP contribution in [0.25, 0.3) is 0 Å². The molecule has 0 bridgehead atoms. The summed E-state index contributed by atoms with van der Waals surface area (Å²) in [7, 11) is 5.37. The molecule has 0 unspecified atom stereocenters. The van der Waals surface area contributed by atoms with Crippen molar-refractivity contribution in [2.24, 2.45) is 0 Å². The summed E-state index contributed by atoms with van der Waals surface area (Å²) in [5.41, 5.74) is 0.902. The molecule has 0 saturated carbocycles. The predicted octanol–water partition coefficient (Wildman–Crippen LogP) is 2.80. The zero-order valence-corrected chi connectivity index (χ0v) is 18.5. The molecule has 158 valence electrons. The van der Waals surface area contributed by atoms with Gasteiger partial charge < -0.3 is 19.7 Å². The van der Waals surface area contributed by atoms with Crippen molar-refractivity contribution in [3.05, 3.63) is 46.2 Å². The van der Waals surface area contributed by atoms with Gasteiger partial charge in [0, 0.05) is 37.1 Å². The molecule has 1 N–H and O–H groups in total. The molecule has 1 aliphatic heterocycles. The standard InChI is InChI=1S/C22H31N3O3S/c1-16(22(20-6-5-13-29-20)25-11-9-24(2)10-12-25)23-21(26)15-17-7-8-18(27-3)19(14-17)28-4/h5-8,13-14,16,22H,9-12,15H2,1-4H3,(H,23,26)/t16-,22-/m0/s1. The van der Waals surface area contributed by atoms with Gasteiger partial charge in [0.1, 0.15) is 0 Å². The van der Waals surface area contributed by atoms with Gasteiger partial charge >= 0.3 is 0 Å². The fourth-order valence-corrected chi connectivity index (χ4v) is 4.83. The molecule has 0 spiro atoms. The van der Waals surface area contributed by atoms with Crippen molar-refractivity contribution in [1.29, 1.82) is 0 Å². The Balaban J connectivity index is 1.67. The summed E-state index contributed by atoms with van der Waals surface area (Å²) in [6, 6.07) is 10.1. The number of hydrogen-bond acceptors (Lipinski definition) is 6. The van der Waals surface area contributed by atoms with Crippen molar-refractivity contribution in [1.82, 2.24) is 15.1 Å². The molecule has 1 amide bonds. The van der Waals surface area contributed by atoms with Gasteiger partial charge in [-0.1, -0.05) is 12.1 Å². The first kappa shape index (κ1) is 21.6. The fourth-order valence-electron chi connectivity index (χ4n) is 3.86. The van der Waals surface area contributed by atoms with Crippen molar-refractivity contribution < 1.29 is 14.3 Å². The van der Waals surface area contributed by atoms with Crippen LogP contribution in [0, 0.1) is 0 Å². The average molecular weight is 418 g/mol. The molecule has 6 nitrogen and oxygen atoms in total. The highest BCUT2D eigenvalue weighted by molar-refractivity contribution is 7.10. The van der Waals surface area contributed by atoms with Crippen molar-refractivity contribution in [2.45, 2.75) is 25.4 Å². The smallest absolute Gasteiger partial charge is 0.224 e. The fraction of sp³-hybridized carbons (Fsp3) is 0.500. The third kappa shape index (κ3) is 5.50. The van der Waals surface area contributed by atoms with Crippen LogP contribution in [0.3, 0.4) is 0 Å². The number of rotatable bonds is 8. The van der Waals surface area contributed by atoms with Crippen molar-refractivity contribution in [3.8, 4) is 11.5 Å². The molecular formula is C22H31N3O3S. The van der Waals surface area contributed by atoms with Gasteiger partial charge in [-0.15, -0.1) is 11.3 Å². The summed E-state index contributed by atoms with van der Waals surface area (Å²) in [4.78, 5) is 18.9. The van der Waals surface area contributed by atoms with E-state index >= 15 is 0 Å². The molecule has 1 saturated heterocycles. The predicted molar refractivity (Wildman–Crippen MR) is 117 cm³/mol. The van der Waals surface area contributed by atoms with Gasteiger partial charge in [0.05, 0.1) is 26.7 Å². The lowest BCUT2D eigenvalue weighted by atomic mass is 10.0. The van der Waals surface area contributed by atoms with Crippen molar-refractivity contribution in [2.75, 3.05) is 47.4 Å². The maximum atomic E-state index is 12.8. The van der Waals surface area contributed by atoms with E-state index in [4.69, 9.17) is 9.47 Å². The van der Waals surface area contributed by atoms with Crippen molar-refractivity contribution >= 4 is 17.2 Å². The topological polar surface area (TPSA) is 54.0 Å². The molecule has 0 aliphatic carbocycles. The Hall–Kier alpha value is -2.09. The molecule has 3 rings (SSSR count). The van der Waals surface area contributed by atoms with Gasteiger partial charge in [-0.2, -0.15) is 0 Å². The van der Waals surface area contributed by atoms with Gasteiger partial charge in [0.25, 0.3) is 0 Å². The van der Waals surface area contributed by atoms with Crippen LogP contribution < -0.4 is 14.8 Å². The highest BCUT2D eigenvalue weighted by atomic mass is 32.1. The number of nitrogens with zero attached hydrogens (tertiary/aromatic N) is 2. The summed E-state index contributed by atoms with van der Waals surface area (Å²) >= 11 is 1.76. The second-order valence-electron chi connectivity index (χ2n) is 7.52. The van der Waals surface area contributed by atoms with E-state index in [0.717, 1.165) is 31.7 Å². The highest BCUT2D eigenvalue weighted by Gasteiger charge is 2.30. The third-order valence-electron chi connectivity index (χ3n) is 5.44. The Morgan fingerprint density at radius 1 is 1.14 bits per heavy atom. The van der Waals surface area contributed by atoms with E-state index in [1.54, 1.807) is 25.6 Å². The number of benzene rings is 1. The number of piperazine rings is 1. The number of methoxy groups -OCH3 is 2. The van der Waals surface area contributed by atoms with Crippen LogP contribution in [-0.2, 0) is 11.2 Å². The number of likely N-dealkylation sites (N-methyl/N-ethyl adjacent to an activating group) is 1. The van der Waals surface area contributed by atoms with E-state index in [1.165, 1.54) is 4.88 Å². The first-order chi connectivity index (χ1) is 14.0. The van der Waals surface area contributed by atoms with E-state index < -0.39 is 0 Å². The van der Waals surface area contributed by atoms with Crippen LogP contribution in [0.15, 0.2) is 35.7 Å². The summed E-state index contributed by atoms with van der Waals surface area (Å²) in [5, 5.41) is 5.34. The SMILES string of the molecule is COc1ccc(CC(=O)N[C@@H](C)[C@@H](c2cccs2)N2CCN(C)CC2)cc1OC. The van der Waals surface area contributed by atoms with Crippen LogP contribution >= 0.6 is 11.3 Å². The molecule has 1 aromatic heterocycles. The van der Waals surface area contributed by atoms with E-state index in [2.05, 4.69) is 46.6 Å². The van der Waals surface area contributed by atoms with Gasteiger partial charge in [-0.25, -0.2) is 0 Å². The van der Waals surface area contributed by atoms with E-state index in [-0.39, 0.29) is 18.0 Å². The summed E-state index contributed by atoms with van der Waals surface area (Å²) in [6.45, 7) is 6.22. The quantitative estimate of drug-likeness (QED) is 0.716. The van der Waals surface area contributed by atoms with E-state index in [0.29, 0.717) is 17.9 Å². The summed E-state index contributed by atoms with van der Waals surface area (Å²) < 4.78 is 10.6. The summed E-state index contributed by atoms with van der Waals surface area (Å²) in [6.07, 6.45) is 0.310. The zero-order valence-electron chi connectivity index (χ0n) is 17.7. The Labute approximate surface area is 177 Å². The Morgan fingerprint density at radius 3 is 2.48 bits per heavy atom. The maximum absolute atomic E-state index is 12.8. The molecular weight excluding hydrogens is 386 g/mol. The Kier molecular flexibility index (Phi) is 7.52. The lowest BCUT2D eigenvalue weighted by Gasteiger charge is -2.40. The van der Waals surface area contributed by atoms with Crippen LogP contribution in [0.5, 0.6) is 11.5 Å². The number of thiophene rings is 1. The molecule has 2 aromatic rings. The molecule has 1 aliphatic rings. The lowest BCUT2D eigenvalue weighted by Crippen LogP contribution is -2.51. The second-order valence-corrected chi connectivity index (χ2v) is 8.50. The summed E-state index contributed by atoms with van der Waals surface area (Å²) in [5.74, 6) is 1.32. The number of carbonyl (C=O) groups excluding carboxylic acids is 1. The third-order valence-corrected chi connectivity index (χ3v) is 6.38. The molecule has 1 aromatic carbocycles. The Morgan fingerprint density at radius 2 is 1.86 bits per heavy atom. The van der Waals surface area contributed by atoms with Crippen LogP contribution in [0.1, 0.15) is 23.4 Å². The number of ether oxygens (including phenoxy) is 2. The van der Waals surface area contributed by atoms with Crippen LogP contribution in [-0.4, -0.2) is 69.2 Å². The molecule has 29 heavy (non-hydrogen) atoms.